The van der Waals surface area contributed by atoms with Gasteiger partial charge < -0.3 is 20.7 Å². The Bertz CT molecular complexity index is 1450. The largest absolute Gasteiger partial charge is 0.379 e. The van der Waals surface area contributed by atoms with Crippen LogP contribution in [0.3, 0.4) is 0 Å². The monoisotopic (exact) mass is 492 g/mol. The van der Waals surface area contributed by atoms with Gasteiger partial charge >= 0.3 is 0 Å². The maximum atomic E-state index is 14.6. The van der Waals surface area contributed by atoms with Crippen molar-refractivity contribution in [3.8, 4) is 0 Å². The van der Waals surface area contributed by atoms with Gasteiger partial charge in [-0.3, -0.25) is 9.59 Å². The molecular formula is C25H22F2N6O3. The van der Waals surface area contributed by atoms with E-state index in [2.05, 4.69) is 26.0 Å². The van der Waals surface area contributed by atoms with E-state index in [4.69, 9.17) is 4.74 Å². The van der Waals surface area contributed by atoms with Crippen molar-refractivity contribution in [2.24, 2.45) is 0 Å². The molecule has 36 heavy (non-hydrogen) atoms. The number of nitrogens with zero attached hydrogens (tertiary/aromatic N) is 3. The molecule has 1 aliphatic heterocycles. The van der Waals surface area contributed by atoms with Gasteiger partial charge in [-0.2, -0.15) is 5.10 Å². The van der Waals surface area contributed by atoms with Crippen LogP contribution in [0.25, 0.3) is 5.52 Å². The highest BCUT2D eigenvalue weighted by Gasteiger charge is 2.18. The molecule has 3 N–H and O–H groups in total. The summed E-state index contributed by atoms with van der Waals surface area (Å²) < 4.78 is 34.6. The van der Waals surface area contributed by atoms with Crippen molar-refractivity contribution in [2.75, 3.05) is 29.2 Å². The highest BCUT2D eigenvalue weighted by molar-refractivity contribution is 6.09. The minimum absolute atomic E-state index is 0.104. The molecule has 9 nitrogen and oxygen atoms in total. The summed E-state index contributed by atoms with van der Waals surface area (Å²) in [5, 5.41) is 12.5. The van der Waals surface area contributed by atoms with E-state index in [0.717, 1.165) is 18.3 Å². The molecule has 1 aliphatic rings. The number of ether oxygens (including phenoxy) is 1. The minimum atomic E-state index is -0.662. The van der Waals surface area contributed by atoms with Gasteiger partial charge in [0.05, 0.1) is 53.7 Å². The number of anilines is 3. The van der Waals surface area contributed by atoms with Crippen molar-refractivity contribution in [1.82, 2.24) is 14.6 Å². The van der Waals surface area contributed by atoms with Gasteiger partial charge in [-0.25, -0.2) is 18.3 Å². The van der Waals surface area contributed by atoms with Crippen LogP contribution in [-0.2, 0) is 4.74 Å². The van der Waals surface area contributed by atoms with Crippen molar-refractivity contribution >= 4 is 34.4 Å². The number of aryl methyl sites for hydroxylation is 1. The SMILES string of the molecule is Cc1cc(F)c(NC(=O)c2ccc(NC3CCOC3)cn2)cc1NC(=O)c1cnn2cc(F)ccc12. The van der Waals surface area contributed by atoms with E-state index >= 15 is 0 Å². The quantitative estimate of drug-likeness (QED) is 0.375. The fourth-order valence-electron chi connectivity index (χ4n) is 3.91. The highest BCUT2D eigenvalue weighted by Crippen LogP contribution is 2.26. The molecule has 11 heteroatoms. The Hall–Kier alpha value is -4.38. The van der Waals surface area contributed by atoms with Crippen molar-refractivity contribution in [1.29, 1.82) is 0 Å². The summed E-state index contributed by atoms with van der Waals surface area (Å²) in [5.74, 6) is -2.27. The van der Waals surface area contributed by atoms with Crippen LogP contribution in [-0.4, -0.2) is 45.7 Å². The Morgan fingerprint density at radius 2 is 1.89 bits per heavy atom. The summed E-state index contributed by atoms with van der Waals surface area (Å²) in [5.41, 5.74) is 2.11. The van der Waals surface area contributed by atoms with Crippen LogP contribution < -0.4 is 16.0 Å². The Morgan fingerprint density at radius 1 is 1.06 bits per heavy atom. The summed E-state index contributed by atoms with van der Waals surface area (Å²) in [6.45, 7) is 2.94. The van der Waals surface area contributed by atoms with Crippen LogP contribution in [0.15, 0.2) is 55.0 Å². The smallest absolute Gasteiger partial charge is 0.274 e. The van der Waals surface area contributed by atoms with Crippen molar-refractivity contribution in [2.45, 2.75) is 19.4 Å². The first-order chi connectivity index (χ1) is 17.4. The normalized spacial score (nSPS) is 15.1. The zero-order valence-corrected chi connectivity index (χ0v) is 19.2. The summed E-state index contributed by atoms with van der Waals surface area (Å²) in [6.07, 6.45) is 4.90. The van der Waals surface area contributed by atoms with E-state index < -0.39 is 23.4 Å². The Morgan fingerprint density at radius 3 is 2.64 bits per heavy atom. The summed E-state index contributed by atoms with van der Waals surface area (Å²) in [6, 6.07) is 8.67. The van der Waals surface area contributed by atoms with Gasteiger partial charge in [-0.05, 0) is 55.3 Å². The number of halogens is 2. The van der Waals surface area contributed by atoms with Gasteiger partial charge in [0.25, 0.3) is 11.8 Å². The number of rotatable bonds is 6. The summed E-state index contributed by atoms with van der Waals surface area (Å²) in [4.78, 5) is 29.7. The lowest BCUT2D eigenvalue weighted by Gasteiger charge is -2.13. The molecule has 0 radical (unpaired) electrons. The molecule has 3 aromatic heterocycles. The molecule has 1 fully saturated rings. The Labute approximate surface area is 204 Å². The van der Waals surface area contributed by atoms with E-state index in [1.54, 1.807) is 13.0 Å². The number of hydrogen-bond acceptors (Lipinski definition) is 6. The lowest BCUT2D eigenvalue weighted by atomic mass is 10.1. The lowest BCUT2D eigenvalue weighted by molar-refractivity contribution is 0.101. The number of carbonyl (C=O) groups is 2. The number of carbonyl (C=O) groups excluding carboxylic acids is 2. The topological polar surface area (TPSA) is 110 Å². The fraction of sp³-hybridized carbons (Fsp3) is 0.200. The van der Waals surface area contributed by atoms with Crippen LogP contribution in [0.2, 0.25) is 0 Å². The minimum Gasteiger partial charge on any atom is -0.379 e. The molecule has 184 valence electrons. The van der Waals surface area contributed by atoms with Gasteiger partial charge in [0.15, 0.2) is 0 Å². The molecule has 0 bridgehead atoms. The van der Waals surface area contributed by atoms with Crippen molar-refractivity contribution < 1.29 is 23.1 Å². The maximum Gasteiger partial charge on any atom is 0.274 e. The first-order valence-corrected chi connectivity index (χ1v) is 11.2. The van der Waals surface area contributed by atoms with E-state index in [1.165, 1.54) is 47.2 Å². The molecule has 0 saturated carbocycles. The van der Waals surface area contributed by atoms with Crippen LogP contribution in [0, 0.1) is 18.6 Å². The molecule has 1 atom stereocenters. The van der Waals surface area contributed by atoms with Gasteiger partial charge in [0, 0.05) is 12.3 Å². The van der Waals surface area contributed by atoms with E-state index in [0.29, 0.717) is 30.0 Å². The molecule has 5 rings (SSSR count). The number of pyridine rings is 2. The first kappa shape index (κ1) is 23.4. The summed E-state index contributed by atoms with van der Waals surface area (Å²) in [7, 11) is 0. The van der Waals surface area contributed by atoms with Crippen LogP contribution in [0.4, 0.5) is 25.8 Å². The second-order valence-corrected chi connectivity index (χ2v) is 8.43. The van der Waals surface area contributed by atoms with Crippen LogP contribution in [0.5, 0.6) is 0 Å². The predicted molar refractivity (Wildman–Crippen MR) is 129 cm³/mol. The number of amides is 2. The molecule has 0 spiro atoms. The van der Waals surface area contributed by atoms with Crippen molar-refractivity contribution in [3.05, 3.63) is 83.4 Å². The summed E-state index contributed by atoms with van der Waals surface area (Å²) >= 11 is 0. The second kappa shape index (κ2) is 9.70. The third kappa shape index (κ3) is 4.86. The van der Waals surface area contributed by atoms with E-state index in [-0.39, 0.29) is 23.0 Å². The third-order valence-electron chi connectivity index (χ3n) is 5.83. The average molecular weight is 492 g/mol. The highest BCUT2D eigenvalue weighted by atomic mass is 19.1. The van der Waals surface area contributed by atoms with Gasteiger partial charge in [-0.1, -0.05) is 0 Å². The lowest BCUT2D eigenvalue weighted by Crippen LogP contribution is -2.19. The maximum absolute atomic E-state index is 14.6. The molecular weight excluding hydrogens is 470 g/mol. The van der Waals surface area contributed by atoms with Gasteiger partial charge in [-0.15, -0.1) is 0 Å². The second-order valence-electron chi connectivity index (χ2n) is 8.43. The fourth-order valence-corrected chi connectivity index (χ4v) is 3.91. The molecule has 4 heterocycles. The predicted octanol–water partition coefficient (Wildman–Crippen LogP) is 4.02. The Balaban J connectivity index is 1.30. The molecule has 1 unspecified atom stereocenters. The van der Waals surface area contributed by atoms with Crippen LogP contribution >= 0.6 is 0 Å². The zero-order valence-electron chi connectivity index (χ0n) is 19.2. The molecule has 1 aromatic carbocycles. The number of fused-ring (bicyclic) bond motifs is 1. The van der Waals surface area contributed by atoms with E-state index in [9.17, 15) is 18.4 Å². The van der Waals surface area contributed by atoms with Gasteiger partial charge in [0.1, 0.15) is 17.3 Å². The number of aromatic nitrogens is 3. The number of benzene rings is 1. The Kier molecular flexibility index (Phi) is 6.30. The number of nitrogens with one attached hydrogen (secondary N) is 3. The zero-order chi connectivity index (χ0) is 25.2. The van der Waals surface area contributed by atoms with E-state index in [1.807, 2.05) is 0 Å². The van der Waals surface area contributed by atoms with Gasteiger partial charge in [0.2, 0.25) is 0 Å². The van der Waals surface area contributed by atoms with Crippen molar-refractivity contribution in [3.63, 3.8) is 0 Å². The van der Waals surface area contributed by atoms with Crippen LogP contribution in [0.1, 0.15) is 32.8 Å². The average Bonchev–Trinajstić information content (AvgIpc) is 3.52. The molecule has 0 aliphatic carbocycles. The third-order valence-corrected chi connectivity index (χ3v) is 5.83. The molecule has 2 amide bonds. The standard InChI is InChI=1S/C25H22F2N6O3/c1-14-8-19(27)22(32-25(35)20-4-3-16(10-28-20)30-17-6-7-36-13-17)9-21(14)31-24(34)18-11-29-33-12-15(26)2-5-23(18)33/h2-5,8-12,17,30H,6-7,13H2,1H3,(H,31,34)(H,32,35). The molecule has 1 saturated heterocycles. The number of hydrogen-bond donors (Lipinski definition) is 3. The first-order valence-electron chi connectivity index (χ1n) is 11.2. The molecule has 4 aromatic rings.